The van der Waals surface area contributed by atoms with Crippen LogP contribution in [-0.4, -0.2) is 47.7 Å². The zero-order chi connectivity index (χ0) is 19.3. The number of aliphatic carboxylic acids is 1. The molecule has 3 N–H and O–H groups in total. The Morgan fingerprint density at radius 2 is 2.08 bits per heavy atom. The zero-order valence-corrected chi connectivity index (χ0v) is 15.1. The number of nitrogens with one attached hydrogen (secondary N) is 1. The van der Waals surface area contributed by atoms with Crippen LogP contribution in [0.4, 0.5) is 5.69 Å². The van der Waals surface area contributed by atoms with Crippen molar-refractivity contribution in [3.8, 4) is 5.75 Å². The molecule has 3 unspecified atom stereocenters. The summed E-state index contributed by atoms with van der Waals surface area (Å²) in [7, 11) is 1.71. The van der Waals surface area contributed by atoms with Gasteiger partial charge in [-0.25, -0.2) is 4.79 Å². The molecule has 1 aliphatic heterocycles. The molecule has 0 amide bonds. The molecule has 1 aliphatic rings. The van der Waals surface area contributed by atoms with Gasteiger partial charge in [-0.3, -0.25) is 4.79 Å². The highest BCUT2D eigenvalue weighted by atomic mass is 16.7. The molecule has 0 aromatic heterocycles. The third kappa shape index (κ3) is 5.34. The van der Waals surface area contributed by atoms with E-state index in [9.17, 15) is 14.7 Å². The molecule has 1 heterocycles. The Morgan fingerprint density at radius 3 is 2.69 bits per heavy atom. The molecule has 0 radical (unpaired) electrons. The molecule has 0 bridgehead atoms. The first-order valence-corrected chi connectivity index (χ1v) is 8.50. The molecule has 1 aromatic carbocycles. The molecule has 144 valence electrons. The smallest absolute Gasteiger partial charge is 0.333 e. The molecule has 1 saturated heterocycles. The van der Waals surface area contributed by atoms with Gasteiger partial charge >= 0.3 is 11.9 Å². The Morgan fingerprint density at radius 1 is 1.35 bits per heavy atom. The van der Waals surface area contributed by atoms with Crippen molar-refractivity contribution >= 4 is 17.6 Å². The second kappa shape index (κ2) is 8.86. The monoisotopic (exact) mass is 367 g/mol. The number of esters is 1. The van der Waals surface area contributed by atoms with Gasteiger partial charge in [-0.1, -0.05) is 19.9 Å². The van der Waals surface area contributed by atoms with Crippen molar-refractivity contribution in [2.24, 2.45) is 5.92 Å². The molecule has 8 nitrogen and oxygen atoms in total. The number of carbonyl (C=O) groups excluding carboxylic acids is 1. The first kappa shape index (κ1) is 20.0. The minimum absolute atomic E-state index is 0.0359. The summed E-state index contributed by atoms with van der Waals surface area (Å²) < 4.78 is 16.3. The van der Waals surface area contributed by atoms with Crippen LogP contribution in [0.1, 0.15) is 32.3 Å². The first-order chi connectivity index (χ1) is 12.3. The van der Waals surface area contributed by atoms with E-state index in [-0.39, 0.29) is 31.3 Å². The van der Waals surface area contributed by atoms with Gasteiger partial charge in [-0.15, -0.1) is 0 Å². The van der Waals surface area contributed by atoms with E-state index in [1.54, 1.807) is 39.1 Å². The SMILES string of the molecule is CNc1cc(COC(=O)C(C)C)ccc1OC1CC(O)CC(C(=O)O)O1. The maximum Gasteiger partial charge on any atom is 0.333 e. The molecule has 0 spiro atoms. The number of carboxylic acid groups (broad SMARTS) is 1. The van der Waals surface area contributed by atoms with Gasteiger partial charge in [0.25, 0.3) is 0 Å². The van der Waals surface area contributed by atoms with E-state index >= 15 is 0 Å². The molecule has 26 heavy (non-hydrogen) atoms. The zero-order valence-electron chi connectivity index (χ0n) is 15.1. The Bertz CT molecular complexity index is 646. The van der Waals surface area contributed by atoms with Crippen molar-refractivity contribution in [1.29, 1.82) is 0 Å². The summed E-state index contributed by atoms with van der Waals surface area (Å²) in [5, 5.41) is 21.9. The van der Waals surface area contributed by atoms with E-state index in [4.69, 9.17) is 19.3 Å². The highest BCUT2D eigenvalue weighted by molar-refractivity contribution is 5.72. The van der Waals surface area contributed by atoms with E-state index in [0.29, 0.717) is 11.4 Å². The number of rotatable bonds is 7. The molecule has 0 saturated carbocycles. The van der Waals surface area contributed by atoms with E-state index in [1.807, 2.05) is 0 Å². The third-order valence-electron chi connectivity index (χ3n) is 3.97. The van der Waals surface area contributed by atoms with Crippen molar-refractivity contribution in [1.82, 2.24) is 0 Å². The van der Waals surface area contributed by atoms with E-state index in [1.165, 1.54) is 0 Å². The minimum atomic E-state index is -1.13. The highest BCUT2D eigenvalue weighted by Crippen LogP contribution is 2.30. The lowest BCUT2D eigenvalue weighted by molar-refractivity contribution is -0.195. The fraction of sp³-hybridized carbons (Fsp3) is 0.556. The van der Waals surface area contributed by atoms with Gasteiger partial charge in [0.05, 0.1) is 17.7 Å². The molecular weight excluding hydrogens is 342 g/mol. The standard InChI is InChI=1S/C18H25NO7/c1-10(2)18(23)24-9-11-4-5-14(13(6-11)19-3)25-16-8-12(20)7-15(26-16)17(21)22/h4-6,10,12,15-16,19-20H,7-9H2,1-3H3,(H,21,22). The first-order valence-electron chi connectivity index (χ1n) is 8.50. The van der Waals surface area contributed by atoms with Gasteiger partial charge in [0.2, 0.25) is 6.29 Å². The topological polar surface area (TPSA) is 114 Å². The van der Waals surface area contributed by atoms with Crippen molar-refractivity contribution in [3.63, 3.8) is 0 Å². The van der Waals surface area contributed by atoms with E-state index in [2.05, 4.69) is 5.32 Å². The molecule has 1 fully saturated rings. The number of hydrogen-bond donors (Lipinski definition) is 3. The van der Waals surface area contributed by atoms with Crippen LogP contribution in [0, 0.1) is 5.92 Å². The fourth-order valence-corrected chi connectivity index (χ4v) is 2.52. The second-order valence-corrected chi connectivity index (χ2v) is 6.48. The summed E-state index contributed by atoms with van der Waals surface area (Å²) in [6, 6.07) is 5.21. The Hall–Kier alpha value is -2.32. The quantitative estimate of drug-likeness (QED) is 0.625. The molecule has 2 rings (SSSR count). The predicted octanol–water partition coefficient (Wildman–Crippen LogP) is 1.76. The van der Waals surface area contributed by atoms with Crippen LogP contribution in [0.15, 0.2) is 18.2 Å². The summed E-state index contributed by atoms with van der Waals surface area (Å²) in [6.07, 6.45) is -2.55. The van der Waals surface area contributed by atoms with Gasteiger partial charge in [-0.2, -0.15) is 0 Å². The number of benzene rings is 1. The van der Waals surface area contributed by atoms with Crippen molar-refractivity contribution < 1.29 is 34.0 Å². The van der Waals surface area contributed by atoms with Crippen LogP contribution in [0.3, 0.4) is 0 Å². The van der Waals surface area contributed by atoms with Gasteiger partial charge in [0.15, 0.2) is 6.10 Å². The largest absolute Gasteiger partial charge is 0.479 e. The number of hydrogen-bond acceptors (Lipinski definition) is 7. The minimum Gasteiger partial charge on any atom is -0.479 e. The Balaban J connectivity index is 2.05. The number of anilines is 1. The normalized spacial score (nSPS) is 22.7. The summed E-state index contributed by atoms with van der Waals surface area (Å²) in [5.74, 6) is -1.15. The van der Waals surface area contributed by atoms with Crippen molar-refractivity contribution in [3.05, 3.63) is 23.8 Å². The Labute approximate surface area is 152 Å². The average molecular weight is 367 g/mol. The summed E-state index contributed by atoms with van der Waals surface area (Å²) in [5.41, 5.74) is 1.42. The third-order valence-corrected chi connectivity index (χ3v) is 3.97. The summed E-state index contributed by atoms with van der Waals surface area (Å²) in [6.45, 7) is 3.67. The van der Waals surface area contributed by atoms with Gasteiger partial charge in [0, 0.05) is 19.9 Å². The lowest BCUT2D eigenvalue weighted by atomic mass is 10.1. The maximum atomic E-state index is 11.6. The van der Waals surface area contributed by atoms with Crippen LogP contribution in [-0.2, 0) is 25.7 Å². The Kier molecular flexibility index (Phi) is 6.82. The highest BCUT2D eigenvalue weighted by Gasteiger charge is 2.34. The number of carboxylic acids is 1. The number of aliphatic hydroxyl groups is 1. The number of aliphatic hydroxyl groups excluding tert-OH is 1. The van der Waals surface area contributed by atoms with Crippen LogP contribution in [0.5, 0.6) is 5.75 Å². The molecule has 8 heteroatoms. The van der Waals surface area contributed by atoms with Gasteiger partial charge in [0.1, 0.15) is 12.4 Å². The molecular formula is C18H25NO7. The van der Waals surface area contributed by atoms with Gasteiger partial charge < -0.3 is 29.7 Å². The second-order valence-electron chi connectivity index (χ2n) is 6.48. The van der Waals surface area contributed by atoms with Gasteiger partial charge in [-0.05, 0) is 17.7 Å². The summed E-state index contributed by atoms with van der Waals surface area (Å²) in [4.78, 5) is 22.7. The fourth-order valence-electron chi connectivity index (χ4n) is 2.52. The van der Waals surface area contributed by atoms with E-state index in [0.717, 1.165) is 5.56 Å². The van der Waals surface area contributed by atoms with Crippen molar-refractivity contribution in [2.45, 2.75) is 51.8 Å². The lowest BCUT2D eigenvalue weighted by Crippen LogP contribution is -2.42. The predicted molar refractivity (Wildman–Crippen MR) is 92.8 cm³/mol. The van der Waals surface area contributed by atoms with Crippen LogP contribution < -0.4 is 10.1 Å². The van der Waals surface area contributed by atoms with Crippen molar-refractivity contribution in [2.75, 3.05) is 12.4 Å². The maximum absolute atomic E-state index is 11.6. The lowest BCUT2D eigenvalue weighted by Gasteiger charge is -2.31. The average Bonchev–Trinajstić information content (AvgIpc) is 2.59. The number of carbonyl (C=O) groups is 2. The molecule has 0 aliphatic carbocycles. The summed E-state index contributed by atoms with van der Waals surface area (Å²) >= 11 is 0. The van der Waals surface area contributed by atoms with Crippen LogP contribution in [0.25, 0.3) is 0 Å². The number of ether oxygens (including phenoxy) is 3. The molecule has 1 aromatic rings. The van der Waals surface area contributed by atoms with E-state index < -0.39 is 24.5 Å². The van der Waals surface area contributed by atoms with Crippen LogP contribution >= 0.6 is 0 Å². The molecule has 3 atom stereocenters. The van der Waals surface area contributed by atoms with Crippen LogP contribution in [0.2, 0.25) is 0 Å².